The maximum Gasteiger partial charge on any atom is 0.224 e. The van der Waals surface area contributed by atoms with Gasteiger partial charge in [-0.2, -0.15) is 0 Å². The number of aliphatic imine (C=N–C) groups is 1. The fourth-order valence-corrected chi connectivity index (χ4v) is 3.71. The van der Waals surface area contributed by atoms with Gasteiger partial charge in [0.25, 0.3) is 0 Å². The number of aromatic hydroxyl groups is 1. The van der Waals surface area contributed by atoms with E-state index in [4.69, 9.17) is 28.2 Å². The van der Waals surface area contributed by atoms with Crippen LogP contribution in [0.1, 0.15) is 11.3 Å². The molecule has 0 unspecified atom stereocenters. The monoisotopic (exact) mass is 431 g/mol. The first-order valence-corrected chi connectivity index (χ1v) is 10.0. The maximum absolute atomic E-state index is 11.1. The Labute approximate surface area is 183 Å². The van der Waals surface area contributed by atoms with Crippen LogP contribution in [0.4, 0.5) is 5.69 Å². The molecule has 0 saturated heterocycles. The minimum atomic E-state index is 0.0348. The zero-order chi connectivity index (χ0) is 20.7. The first-order chi connectivity index (χ1) is 14.6. The lowest BCUT2D eigenvalue weighted by Crippen LogP contribution is -1.97. The van der Waals surface area contributed by atoms with Gasteiger partial charge in [-0.25, -0.2) is 4.98 Å². The van der Waals surface area contributed by atoms with E-state index in [1.165, 1.54) is 0 Å². The van der Waals surface area contributed by atoms with Crippen LogP contribution in [0.3, 0.4) is 0 Å². The molecule has 4 nitrogen and oxygen atoms in total. The fourth-order valence-electron chi connectivity index (χ4n) is 3.45. The number of hydrogen-bond donors (Lipinski definition) is 1. The molecule has 1 N–H and O–H groups in total. The van der Waals surface area contributed by atoms with E-state index in [1.54, 1.807) is 35.0 Å². The number of nitrogens with zero attached hydrogens (tertiary/aromatic N) is 3. The number of allylic oxidation sites excluding steroid dienone is 1. The summed E-state index contributed by atoms with van der Waals surface area (Å²) in [5.41, 5.74) is 4.83. The topological polar surface area (TPSA) is 50.4 Å². The Morgan fingerprint density at radius 1 is 0.833 bits per heavy atom. The quantitative estimate of drug-likeness (QED) is 0.387. The third kappa shape index (κ3) is 3.30. The van der Waals surface area contributed by atoms with Crippen LogP contribution in [0.25, 0.3) is 28.7 Å². The molecule has 1 aromatic heterocycles. The van der Waals surface area contributed by atoms with Crippen molar-refractivity contribution >= 4 is 46.8 Å². The van der Waals surface area contributed by atoms with E-state index in [-0.39, 0.29) is 5.88 Å². The highest BCUT2D eigenvalue weighted by Crippen LogP contribution is 2.36. The van der Waals surface area contributed by atoms with Gasteiger partial charge in [0.15, 0.2) is 0 Å². The van der Waals surface area contributed by atoms with Crippen molar-refractivity contribution in [2.75, 3.05) is 0 Å². The molecule has 1 aliphatic rings. The summed E-state index contributed by atoms with van der Waals surface area (Å²) in [4.78, 5) is 9.18. The standard InChI is InChI=1S/C24H15Cl2N3O/c25-17-7-5-15(6-8-17)23-28-22(13-16-14-27-21-4-2-1-3-20(16)21)24(30)29(23)19-11-9-18(26)10-12-19/h1-14,30H/b16-13+. The average molecular weight is 432 g/mol. The van der Waals surface area contributed by atoms with Crippen molar-refractivity contribution in [2.45, 2.75) is 0 Å². The summed E-state index contributed by atoms with van der Waals surface area (Å²) in [6.45, 7) is 0. The van der Waals surface area contributed by atoms with Gasteiger partial charge in [0.1, 0.15) is 11.5 Å². The molecule has 0 aliphatic carbocycles. The largest absolute Gasteiger partial charge is 0.493 e. The lowest BCUT2D eigenvalue weighted by atomic mass is 10.1. The van der Waals surface area contributed by atoms with E-state index in [0.717, 1.165) is 28.1 Å². The van der Waals surface area contributed by atoms with Crippen molar-refractivity contribution in [1.29, 1.82) is 0 Å². The Morgan fingerprint density at radius 3 is 2.23 bits per heavy atom. The third-order valence-electron chi connectivity index (χ3n) is 4.92. The van der Waals surface area contributed by atoms with Gasteiger partial charge in [-0.15, -0.1) is 0 Å². The second-order valence-corrected chi connectivity index (χ2v) is 7.71. The molecule has 30 heavy (non-hydrogen) atoms. The Hall–Kier alpha value is -3.34. The van der Waals surface area contributed by atoms with Crippen LogP contribution in [0.15, 0.2) is 77.8 Å². The van der Waals surface area contributed by atoms with E-state index in [0.29, 0.717) is 21.6 Å². The smallest absolute Gasteiger partial charge is 0.224 e. The molecule has 0 amide bonds. The van der Waals surface area contributed by atoms with E-state index in [1.807, 2.05) is 54.6 Å². The van der Waals surface area contributed by atoms with Gasteiger partial charge in [0.05, 0.1) is 11.4 Å². The van der Waals surface area contributed by atoms with Crippen molar-refractivity contribution in [2.24, 2.45) is 4.99 Å². The fraction of sp³-hybridized carbons (Fsp3) is 0. The molecule has 5 rings (SSSR count). The SMILES string of the molecule is Oc1c(/C=C2\C=Nc3ccccc32)nc(-c2ccc(Cl)cc2)n1-c1ccc(Cl)cc1. The number of benzene rings is 3. The molecule has 0 saturated carbocycles. The summed E-state index contributed by atoms with van der Waals surface area (Å²) < 4.78 is 1.70. The van der Waals surface area contributed by atoms with Crippen LogP contribution in [-0.2, 0) is 0 Å². The molecule has 2 heterocycles. The number of aromatic nitrogens is 2. The van der Waals surface area contributed by atoms with Gasteiger partial charge in [0.2, 0.25) is 5.88 Å². The van der Waals surface area contributed by atoms with Crippen molar-refractivity contribution < 1.29 is 5.11 Å². The van der Waals surface area contributed by atoms with Crippen LogP contribution < -0.4 is 0 Å². The Balaban J connectivity index is 1.69. The zero-order valence-corrected chi connectivity index (χ0v) is 17.1. The highest BCUT2D eigenvalue weighted by Gasteiger charge is 2.20. The van der Waals surface area contributed by atoms with E-state index in [9.17, 15) is 5.11 Å². The average Bonchev–Trinajstić information content (AvgIpc) is 3.31. The highest BCUT2D eigenvalue weighted by atomic mass is 35.5. The molecule has 0 fully saturated rings. The Morgan fingerprint density at radius 2 is 1.50 bits per heavy atom. The first kappa shape index (κ1) is 18.7. The summed E-state index contributed by atoms with van der Waals surface area (Å²) in [5, 5.41) is 12.4. The van der Waals surface area contributed by atoms with Gasteiger partial charge in [-0.3, -0.25) is 9.56 Å². The minimum absolute atomic E-state index is 0.0348. The summed E-state index contributed by atoms with van der Waals surface area (Å²) in [5.74, 6) is 0.633. The molecule has 0 atom stereocenters. The molecule has 0 radical (unpaired) electrons. The molecule has 1 aliphatic heterocycles. The lowest BCUT2D eigenvalue weighted by molar-refractivity contribution is 0.442. The van der Waals surface area contributed by atoms with Crippen LogP contribution >= 0.6 is 23.2 Å². The summed E-state index contributed by atoms with van der Waals surface area (Å²) in [6.07, 6.45) is 3.63. The predicted octanol–water partition coefficient (Wildman–Crippen LogP) is 6.81. The summed E-state index contributed by atoms with van der Waals surface area (Å²) >= 11 is 12.1. The summed E-state index contributed by atoms with van der Waals surface area (Å²) in [6, 6.07) is 22.5. The molecule has 3 aromatic carbocycles. The predicted molar refractivity (Wildman–Crippen MR) is 123 cm³/mol. The number of para-hydroxylation sites is 1. The normalized spacial score (nSPS) is 13.7. The van der Waals surface area contributed by atoms with Gasteiger partial charge in [-0.05, 0) is 60.7 Å². The van der Waals surface area contributed by atoms with Crippen molar-refractivity contribution in [3.63, 3.8) is 0 Å². The Kier molecular flexibility index (Phi) is 4.66. The van der Waals surface area contributed by atoms with Crippen LogP contribution in [0, 0.1) is 0 Å². The van der Waals surface area contributed by atoms with Gasteiger partial charge < -0.3 is 5.11 Å². The Bertz CT molecular complexity index is 1300. The van der Waals surface area contributed by atoms with Crippen LogP contribution in [-0.4, -0.2) is 20.9 Å². The van der Waals surface area contributed by atoms with Crippen LogP contribution in [0.5, 0.6) is 5.88 Å². The lowest BCUT2D eigenvalue weighted by Gasteiger charge is -2.09. The van der Waals surface area contributed by atoms with Crippen molar-refractivity contribution in [3.05, 3.63) is 94.1 Å². The van der Waals surface area contributed by atoms with Crippen molar-refractivity contribution in [3.8, 4) is 23.0 Å². The number of halogens is 2. The molecular formula is C24H15Cl2N3O. The van der Waals surface area contributed by atoms with E-state index >= 15 is 0 Å². The van der Waals surface area contributed by atoms with E-state index in [2.05, 4.69) is 4.99 Å². The molecule has 146 valence electrons. The van der Waals surface area contributed by atoms with Crippen LogP contribution in [0.2, 0.25) is 10.0 Å². The van der Waals surface area contributed by atoms with Gasteiger partial charge in [-0.1, -0.05) is 41.4 Å². The summed E-state index contributed by atoms with van der Waals surface area (Å²) in [7, 11) is 0. The molecule has 4 aromatic rings. The molecular weight excluding hydrogens is 417 g/mol. The number of imidazole rings is 1. The van der Waals surface area contributed by atoms with E-state index < -0.39 is 0 Å². The molecule has 0 bridgehead atoms. The van der Waals surface area contributed by atoms with Gasteiger partial charge >= 0.3 is 0 Å². The second kappa shape index (κ2) is 7.48. The first-order valence-electron chi connectivity index (χ1n) is 9.29. The van der Waals surface area contributed by atoms with Crippen molar-refractivity contribution in [1.82, 2.24) is 9.55 Å². The number of hydrogen-bond acceptors (Lipinski definition) is 3. The second-order valence-electron chi connectivity index (χ2n) is 6.84. The zero-order valence-electron chi connectivity index (χ0n) is 15.6. The molecule has 6 heteroatoms. The minimum Gasteiger partial charge on any atom is -0.493 e. The van der Waals surface area contributed by atoms with Gasteiger partial charge in [0, 0.05) is 33.0 Å². The molecule has 0 spiro atoms. The maximum atomic E-state index is 11.1. The highest BCUT2D eigenvalue weighted by molar-refractivity contribution is 6.31. The number of rotatable bonds is 3. The number of fused-ring (bicyclic) bond motifs is 1. The third-order valence-corrected chi connectivity index (χ3v) is 5.42.